The van der Waals surface area contributed by atoms with Gasteiger partial charge in [-0.05, 0) is 50.7 Å². The number of carbonyl (C=O) groups is 5. The van der Waals surface area contributed by atoms with Crippen LogP contribution in [0.15, 0.2) is 85.2 Å². The van der Waals surface area contributed by atoms with Crippen LogP contribution >= 0.6 is 0 Å². The summed E-state index contributed by atoms with van der Waals surface area (Å²) in [4.78, 5) is 72.0. The molecule has 18 heteroatoms. The van der Waals surface area contributed by atoms with E-state index in [1.54, 1.807) is 13.8 Å². The molecule has 73 heavy (non-hydrogen) atoms. The highest BCUT2D eigenvalue weighted by atomic mass is 16.6. The highest BCUT2D eigenvalue weighted by Crippen LogP contribution is 2.33. The van der Waals surface area contributed by atoms with Crippen LogP contribution in [0.1, 0.15) is 86.5 Å². The molecule has 2 aliphatic heterocycles. The minimum Gasteiger partial charge on any atom is -0.503 e. The predicted molar refractivity (Wildman–Crippen MR) is 265 cm³/mol. The minimum absolute atomic E-state index is 0.00759. The highest BCUT2D eigenvalue weighted by Gasteiger charge is 2.38. The Morgan fingerprint density at radius 2 is 1.11 bits per heavy atom. The standard InChI is InChI=1S/C29H37NO8.C26H33NO8/c1-18(2)15-36-27-19(3)37-29(33)23(17-35-16-22(27)13-21-9-7-6-8-10-21)14-24(32)26-28(38-20(4)31)25(34-5)11-12-30-26;1-16(28)13-34-25-17(2)35-26(31)20(12-21(29)23-24(30)22(32-3)9-10-27-23)15-33-14-19(25)11-18-7-5-4-6-8-18/h6-12,18-19,22-23,27H,13-17H2,1-5H3;4-10,16-17,19-20,25,28,30H,11-15H2,1-3H3/t19-,22-,23-,27-;16?,17-,19-,20-,25-/m00/s1. The van der Waals surface area contributed by atoms with E-state index < -0.39 is 65.7 Å². The highest BCUT2D eigenvalue weighted by molar-refractivity contribution is 6.00. The zero-order chi connectivity index (χ0) is 53.0. The Hall–Kier alpha value is -6.31. The summed E-state index contributed by atoms with van der Waals surface area (Å²) >= 11 is 0. The Kier molecular flexibility index (Phi) is 22.7. The Morgan fingerprint density at radius 1 is 0.658 bits per heavy atom. The summed E-state index contributed by atoms with van der Waals surface area (Å²) in [5.41, 5.74) is 1.94. The number of hydrogen-bond acceptors (Lipinski definition) is 18. The number of Topliss-reactive ketones (excluding diaryl/α,β-unsaturated/α-hetero) is 2. The number of ketones is 2. The molecule has 0 spiro atoms. The number of aromatic nitrogens is 2. The summed E-state index contributed by atoms with van der Waals surface area (Å²) in [7, 11) is 2.77. The van der Waals surface area contributed by atoms with Crippen LogP contribution < -0.4 is 14.2 Å². The predicted octanol–water partition coefficient (Wildman–Crippen LogP) is 6.64. The van der Waals surface area contributed by atoms with Gasteiger partial charge in [0.2, 0.25) is 5.75 Å². The molecule has 0 amide bonds. The van der Waals surface area contributed by atoms with Gasteiger partial charge in [-0.3, -0.25) is 24.0 Å². The molecule has 2 aromatic carbocycles. The maximum Gasteiger partial charge on any atom is 0.312 e. The maximum absolute atomic E-state index is 13.2. The first-order valence-electron chi connectivity index (χ1n) is 24.5. The van der Waals surface area contributed by atoms with Crippen molar-refractivity contribution in [3.8, 4) is 23.0 Å². The number of nitrogens with zero attached hydrogens (tertiary/aromatic N) is 2. The zero-order valence-corrected chi connectivity index (χ0v) is 42.9. The van der Waals surface area contributed by atoms with Crippen LogP contribution in [-0.2, 0) is 55.6 Å². The third kappa shape index (κ3) is 17.4. The zero-order valence-electron chi connectivity index (χ0n) is 42.9. The molecule has 2 aliphatic rings. The molecular formula is C55H70N2O16. The van der Waals surface area contributed by atoms with Crippen molar-refractivity contribution in [2.24, 2.45) is 29.6 Å². The van der Waals surface area contributed by atoms with Crippen molar-refractivity contribution < 1.29 is 76.8 Å². The second-order valence-electron chi connectivity index (χ2n) is 18.7. The number of hydrogen-bond donors (Lipinski definition) is 2. The monoisotopic (exact) mass is 1010 g/mol. The fraction of sp³-hybridized carbons (Fsp3) is 0.509. The van der Waals surface area contributed by atoms with Gasteiger partial charge in [0.1, 0.15) is 12.2 Å². The molecule has 0 saturated carbocycles. The van der Waals surface area contributed by atoms with E-state index in [0.29, 0.717) is 32.0 Å². The first-order chi connectivity index (χ1) is 35.0. The number of pyridine rings is 2. The van der Waals surface area contributed by atoms with Gasteiger partial charge in [-0.25, -0.2) is 9.97 Å². The Labute approximate surface area is 426 Å². The van der Waals surface area contributed by atoms with Gasteiger partial charge < -0.3 is 52.8 Å². The lowest BCUT2D eigenvalue weighted by Crippen LogP contribution is -2.41. The average molecular weight is 1020 g/mol. The van der Waals surface area contributed by atoms with E-state index in [2.05, 4.69) is 23.8 Å². The molecule has 2 saturated heterocycles. The number of methoxy groups -OCH3 is 2. The molecule has 4 aromatic rings. The molecule has 0 bridgehead atoms. The molecule has 0 radical (unpaired) electrons. The van der Waals surface area contributed by atoms with E-state index in [1.165, 1.54) is 45.7 Å². The summed E-state index contributed by atoms with van der Waals surface area (Å²) in [6.45, 7) is 11.7. The third-order valence-corrected chi connectivity index (χ3v) is 12.1. The quantitative estimate of drug-likeness (QED) is 0.0740. The number of ether oxygens (including phenoxy) is 9. The van der Waals surface area contributed by atoms with Gasteiger partial charge in [-0.1, -0.05) is 74.5 Å². The van der Waals surface area contributed by atoms with Gasteiger partial charge in [0.15, 0.2) is 40.2 Å². The summed E-state index contributed by atoms with van der Waals surface area (Å²) in [6, 6.07) is 22.8. The van der Waals surface area contributed by atoms with Crippen molar-refractivity contribution in [3.05, 3.63) is 108 Å². The molecule has 9 atom stereocenters. The Bertz CT molecular complexity index is 2400. The van der Waals surface area contributed by atoms with Crippen molar-refractivity contribution >= 4 is 29.5 Å². The second-order valence-corrected chi connectivity index (χ2v) is 18.7. The molecule has 396 valence electrons. The molecule has 18 nitrogen and oxygen atoms in total. The minimum atomic E-state index is -0.884. The molecule has 1 unspecified atom stereocenters. The SMILES string of the molecule is COc1ccnc(C(=O)C[C@H]2COC[C@H](Cc3ccccc3)[C@@H](OCC(C)C)[C@H](C)OC2=O)c1OC(C)=O.COc1ccnc(C(=O)C[C@H]2COC[C@H](Cc3ccccc3)[C@@H](OCC(C)O)[C@H](C)OC2=O)c1O. The molecule has 2 N–H and O–H groups in total. The molecular weight excluding hydrogens is 945 g/mol. The van der Waals surface area contributed by atoms with E-state index in [0.717, 1.165) is 11.1 Å². The Morgan fingerprint density at radius 3 is 1.56 bits per heavy atom. The topological polar surface area (TPSA) is 235 Å². The lowest BCUT2D eigenvalue weighted by molar-refractivity contribution is -0.164. The van der Waals surface area contributed by atoms with Crippen LogP contribution in [-0.4, -0.2) is 134 Å². The number of aliphatic hydroxyl groups excluding tert-OH is 1. The van der Waals surface area contributed by atoms with Gasteiger partial charge in [0, 0.05) is 62.7 Å². The number of cyclic esters (lactones) is 2. The molecule has 2 aromatic heterocycles. The van der Waals surface area contributed by atoms with Crippen LogP contribution in [0.3, 0.4) is 0 Å². The summed E-state index contributed by atoms with van der Waals surface area (Å²) in [5.74, 6) is -4.62. The van der Waals surface area contributed by atoms with Crippen molar-refractivity contribution in [2.75, 3.05) is 53.9 Å². The van der Waals surface area contributed by atoms with Crippen LogP contribution in [0.4, 0.5) is 0 Å². The second kappa shape index (κ2) is 28.8. The first-order valence-corrected chi connectivity index (χ1v) is 24.5. The first kappa shape index (κ1) is 57.6. The molecule has 6 rings (SSSR count). The largest absolute Gasteiger partial charge is 0.503 e. The lowest BCUT2D eigenvalue weighted by Gasteiger charge is -2.31. The van der Waals surface area contributed by atoms with Crippen molar-refractivity contribution in [2.45, 2.75) is 97.7 Å². The number of aliphatic hydroxyl groups is 1. The van der Waals surface area contributed by atoms with Gasteiger partial charge in [0.05, 0.1) is 77.4 Å². The number of esters is 3. The van der Waals surface area contributed by atoms with Crippen molar-refractivity contribution in [1.29, 1.82) is 0 Å². The Balaban J connectivity index is 0.000000272. The summed E-state index contributed by atoms with van der Waals surface area (Å²) in [6.07, 6.45) is 0.776. The van der Waals surface area contributed by atoms with E-state index >= 15 is 0 Å². The number of aromatic hydroxyl groups is 1. The normalized spacial score (nSPS) is 23.0. The van der Waals surface area contributed by atoms with Gasteiger partial charge in [-0.2, -0.15) is 0 Å². The fourth-order valence-corrected chi connectivity index (χ4v) is 8.55. The van der Waals surface area contributed by atoms with Gasteiger partial charge in [-0.15, -0.1) is 0 Å². The van der Waals surface area contributed by atoms with Gasteiger partial charge in [0.25, 0.3) is 0 Å². The maximum atomic E-state index is 13.2. The van der Waals surface area contributed by atoms with Gasteiger partial charge >= 0.3 is 17.9 Å². The number of rotatable bonds is 19. The molecule has 4 heterocycles. The summed E-state index contributed by atoms with van der Waals surface area (Å²) in [5, 5.41) is 20.0. The van der Waals surface area contributed by atoms with E-state index in [9.17, 15) is 34.2 Å². The lowest BCUT2D eigenvalue weighted by atomic mass is 9.91. The molecule has 0 aliphatic carbocycles. The van der Waals surface area contributed by atoms with Crippen LogP contribution in [0, 0.1) is 29.6 Å². The smallest absolute Gasteiger partial charge is 0.312 e. The van der Waals surface area contributed by atoms with Crippen molar-refractivity contribution in [3.63, 3.8) is 0 Å². The number of benzene rings is 2. The van der Waals surface area contributed by atoms with E-state index in [1.807, 2.05) is 67.6 Å². The summed E-state index contributed by atoms with van der Waals surface area (Å²) < 4.78 is 51.2. The number of carbonyl (C=O) groups excluding carboxylic acids is 5. The van der Waals surface area contributed by atoms with Crippen LogP contribution in [0.5, 0.6) is 23.0 Å². The van der Waals surface area contributed by atoms with Crippen LogP contribution in [0.2, 0.25) is 0 Å². The van der Waals surface area contributed by atoms with E-state index in [4.69, 9.17) is 42.6 Å². The van der Waals surface area contributed by atoms with Crippen LogP contribution in [0.25, 0.3) is 0 Å². The van der Waals surface area contributed by atoms with Crippen molar-refractivity contribution in [1.82, 2.24) is 9.97 Å². The average Bonchev–Trinajstić information content (AvgIpc) is 3.44. The van der Waals surface area contributed by atoms with E-state index in [-0.39, 0.29) is 91.6 Å². The molecule has 2 fully saturated rings. The fourth-order valence-electron chi connectivity index (χ4n) is 8.55. The third-order valence-electron chi connectivity index (χ3n) is 12.1.